The van der Waals surface area contributed by atoms with Crippen LogP contribution in [0.4, 0.5) is 0 Å². The van der Waals surface area contributed by atoms with Crippen molar-refractivity contribution in [1.82, 2.24) is 19.1 Å². The van der Waals surface area contributed by atoms with Crippen molar-refractivity contribution >= 4 is 72.1 Å². The van der Waals surface area contributed by atoms with Crippen LogP contribution in [0.1, 0.15) is 69.1 Å². The number of hydrogen-bond acceptors (Lipinski definition) is 2. The number of nitrogens with zero attached hydrogens (tertiary/aromatic N) is 4. The quantitative estimate of drug-likeness (QED) is 0.153. The van der Waals surface area contributed by atoms with Crippen LogP contribution in [0.15, 0.2) is 146 Å². The third kappa shape index (κ3) is 4.93. The Balaban J connectivity index is 1.45. The lowest BCUT2D eigenvalue weighted by Crippen LogP contribution is -2.17. The van der Waals surface area contributed by atoms with Crippen LogP contribution >= 0.6 is 0 Å². The second-order valence-corrected chi connectivity index (χ2v) is 15.5. The van der Waals surface area contributed by atoms with Crippen molar-refractivity contribution in [3.05, 3.63) is 174 Å². The van der Waals surface area contributed by atoms with Gasteiger partial charge in [-0.1, -0.05) is 155 Å². The summed E-state index contributed by atoms with van der Waals surface area (Å²) in [4.78, 5) is 11.1. The summed E-state index contributed by atoms with van der Waals surface area (Å²) in [6, 6.07) is 42.4. The first-order chi connectivity index (χ1) is 27.9. The van der Waals surface area contributed by atoms with Gasteiger partial charge < -0.3 is 4.57 Å². The van der Waals surface area contributed by atoms with Gasteiger partial charge in [0.05, 0.1) is 39.1 Å². The zero-order valence-electron chi connectivity index (χ0n) is 33.1. The van der Waals surface area contributed by atoms with Crippen molar-refractivity contribution in [2.75, 3.05) is 0 Å². The molecule has 0 radical (unpaired) electrons. The molecule has 10 rings (SSSR count). The Kier molecular flexibility index (Phi) is 8.02. The highest BCUT2D eigenvalue weighted by Crippen LogP contribution is 2.54. The molecule has 0 saturated heterocycles. The van der Waals surface area contributed by atoms with Crippen LogP contribution in [0, 0.1) is 0 Å². The SMILES string of the molecule is C=Cc1c(/C=C\C)nc(-n2c3cc(-n4c5ccccc5c5ccccc54)c4ccccc4c3c3ccc4c(c32)C(C)(C)c2ccccc2-4)nc1/C(=C/C=C\C)CC. The predicted octanol–water partition coefficient (Wildman–Crippen LogP) is 14.2. The fraction of sp³-hybridized carbons (Fsp3) is 0.132. The molecule has 0 fully saturated rings. The molecule has 3 aromatic heterocycles. The maximum absolute atomic E-state index is 5.59. The van der Waals surface area contributed by atoms with Gasteiger partial charge in [0.1, 0.15) is 0 Å². The van der Waals surface area contributed by atoms with E-state index in [9.17, 15) is 0 Å². The Morgan fingerprint density at radius 1 is 0.684 bits per heavy atom. The van der Waals surface area contributed by atoms with Crippen molar-refractivity contribution in [2.24, 2.45) is 0 Å². The average molecular weight is 737 g/mol. The second-order valence-electron chi connectivity index (χ2n) is 15.5. The molecule has 57 heavy (non-hydrogen) atoms. The number of fused-ring (bicyclic) bond motifs is 12. The molecule has 0 aliphatic heterocycles. The van der Waals surface area contributed by atoms with Crippen LogP contribution in [-0.2, 0) is 5.41 Å². The molecule has 0 bridgehead atoms. The molecule has 276 valence electrons. The maximum atomic E-state index is 5.59. The zero-order chi connectivity index (χ0) is 39.0. The molecule has 1 aliphatic rings. The summed E-state index contributed by atoms with van der Waals surface area (Å²) in [7, 11) is 0. The van der Waals surface area contributed by atoms with Gasteiger partial charge in [-0.25, -0.2) is 9.97 Å². The highest BCUT2D eigenvalue weighted by Gasteiger charge is 2.39. The molecule has 0 spiro atoms. The third-order valence-corrected chi connectivity index (χ3v) is 12.1. The van der Waals surface area contributed by atoms with Gasteiger partial charge in [0.25, 0.3) is 0 Å². The zero-order valence-corrected chi connectivity index (χ0v) is 33.1. The van der Waals surface area contributed by atoms with Crippen LogP contribution in [-0.4, -0.2) is 19.1 Å². The molecule has 4 nitrogen and oxygen atoms in total. The number of aromatic nitrogens is 4. The van der Waals surface area contributed by atoms with Crippen LogP contribution in [0.25, 0.3) is 94.9 Å². The lowest BCUT2D eigenvalue weighted by molar-refractivity contribution is 0.663. The van der Waals surface area contributed by atoms with Crippen LogP contribution in [0.5, 0.6) is 0 Å². The largest absolute Gasteiger partial charge is 0.309 e. The number of rotatable bonds is 7. The summed E-state index contributed by atoms with van der Waals surface area (Å²) in [5.74, 6) is 0.645. The van der Waals surface area contributed by atoms with Crippen molar-refractivity contribution in [2.45, 2.75) is 46.5 Å². The van der Waals surface area contributed by atoms with Crippen LogP contribution in [0.3, 0.4) is 0 Å². The van der Waals surface area contributed by atoms with Crippen molar-refractivity contribution < 1.29 is 0 Å². The van der Waals surface area contributed by atoms with Crippen molar-refractivity contribution in [1.29, 1.82) is 0 Å². The lowest BCUT2D eigenvalue weighted by Gasteiger charge is -2.23. The number of hydrogen-bond donors (Lipinski definition) is 0. The number of para-hydroxylation sites is 2. The smallest absolute Gasteiger partial charge is 0.235 e. The van der Waals surface area contributed by atoms with Gasteiger partial charge in [0.15, 0.2) is 0 Å². The molecule has 0 N–H and O–H groups in total. The Morgan fingerprint density at radius 2 is 1.35 bits per heavy atom. The predicted molar refractivity (Wildman–Crippen MR) is 244 cm³/mol. The highest BCUT2D eigenvalue weighted by atomic mass is 15.2. The molecular formula is C53H44N4. The van der Waals surface area contributed by atoms with Gasteiger partial charge in [-0.3, -0.25) is 4.57 Å². The van der Waals surface area contributed by atoms with E-state index >= 15 is 0 Å². The number of benzene rings is 6. The van der Waals surface area contributed by atoms with E-state index in [1.165, 1.54) is 65.6 Å². The fourth-order valence-corrected chi connectivity index (χ4v) is 9.66. The van der Waals surface area contributed by atoms with Crippen LogP contribution in [0.2, 0.25) is 0 Å². The highest BCUT2D eigenvalue weighted by molar-refractivity contribution is 6.25. The molecule has 4 heteroatoms. The Labute approximate surface area is 333 Å². The monoisotopic (exact) mass is 736 g/mol. The summed E-state index contributed by atoms with van der Waals surface area (Å²) in [6.45, 7) is 15.3. The molecule has 6 aromatic carbocycles. The van der Waals surface area contributed by atoms with Crippen molar-refractivity contribution in [3.8, 4) is 22.8 Å². The van der Waals surface area contributed by atoms with E-state index in [-0.39, 0.29) is 5.41 Å². The number of allylic oxidation sites excluding steroid dienone is 5. The molecule has 0 unspecified atom stereocenters. The standard InChI is InChI=1S/C53H44N4/c1-7-11-21-33(9-3)50-34(10-4)43(20-8-2)54-52(55-50)57-47-32-46(56-44-28-18-15-23-36(44)37-24-16-19-29-45(37)56)38-25-12-13-26-39(38)48(47)41-31-30-40-35-22-14-17-27-42(35)53(5,6)49(40)51(41)57/h7-8,10-32H,4,9H2,1-3,5-6H3/b11-7-,20-8-,33-21+. The van der Waals surface area contributed by atoms with Crippen LogP contribution < -0.4 is 0 Å². The topological polar surface area (TPSA) is 35.6 Å². The maximum Gasteiger partial charge on any atom is 0.235 e. The van der Waals surface area contributed by atoms with E-state index in [4.69, 9.17) is 9.97 Å². The third-order valence-electron chi connectivity index (χ3n) is 12.1. The van der Waals surface area contributed by atoms with Gasteiger partial charge in [0.2, 0.25) is 5.95 Å². The fourth-order valence-electron chi connectivity index (χ4n) is 9.66. The molecule has 0 saturated carbocycles. The first-order valence-electron chi connectivity index (χ1n) is 20.0. The van der Waals surface area contributed by atoms with E-state index < -0.39 is 0 Å². The molecule has 1 aliphatic carbocycles. The molecule has 9 aromatic rings. The first kappa shape index (κ1) is 34.7. The van der Waals surface area contributed by atoms with Crippen molar-refractivity contribution in [3.63, 3.8) is 0 Å². The minimum atomic E-state index is -0.278. The Morgan fingerprint density at radius 3 is 2.04 bits per heavy atom. The average Bonchev–Trinajstić information content (AvgIpc) is 3.84. The van der Waals surface area contributed by atoms with E-state index in [2.05, 4.69) is 182 Å². The minimum Gasteiger partial charge on any atom is -0.309 e. The second kappa shape index (κ2) is 13.2. The van der Waals surface area contributed by atoms with E-state index in [1.54, 1.807) is 0 Å². The Hall–Kier alpha value is -6.78. The lowest BCUT2D eigenvalue weighted by atomic mass is 9.81. The summed E-state index contributed by atoms with van der Waals surface area (Å²) >= 11 is 0. The molecule has 3 heterocycles. The van der Waals surface area contributed by atoms with E-state index in [0.29, 0.717) is 5.95 Å². The molecule has 0 amide bonds. The summed E-state index contributed by atoms with van der Waals surface area (Å²) < 4.78 is 4.83. The summed E-state index contributed by atoms with van der Waals surface area (Å²) in [5, 5.41) is 7.26. The van der Waals surface area contributed by atoms with E-state index in [1.807, 2.05) is 19.9 Å². The summed E-state index contributed by atoms with van der Waals surface area (Å²) in [6.07, 6.45) is 13.2. The molecular weight excluding hydrogens is 693 g/mol. The van der Waals surface area contributed by atoms with Gasteiger partial charge in [-0.15, -0.1) is 0 Å². The first-order valence-corrected chi connectivity index (χ1v) is 20.0. The van der Waals surface area contributed by atoms with E-state index in [0.717, 1.165) is 45.7 Å². The van der Waals surface area contributed by atoms with Gasteiger partial charge >= 0.3 is 0 Å². The summed E-state index contributed by atoms with van der Waals surface area (Å²) in [5.41, 5.74) is 14.4. The van der Waals surface area contributed by atoms with Gasteiger partial charge in [-0.2, -0.15) is 0 Å². The van der Waals surface area contributed by atoms with Gasteiger partial charge in [-0.05, 0) is 77.8 Å². The minimum absolute atomic E-state index is 0.278. The normalized spacial score (nSPS) is 13.9. The molecule has 0 atom stereocenters. The van der Waals surface area contributed by atoms with Gasteiger partial charge in [0, 0.05) is 37.9 Å². The Bertz CT molecular complexity index is 3180.